The van der Waals surface area contributed by atoms with Crippen LogP contribution >= 0.6 is 0 Å². The Morgan fingerprint density at radius 3 is 2.63 bits per heavy atom. The highest BCUT2D eigenvalue weighted by Crippen LogP contribution is 2.29. The second-order valence-corrected chi connectivity index (χ2v) is 6.86. The van der Waals surface area contributed by atoms with E-state index in [4.69, 9.17) is 9.15 Å². The molecule has 1 atom stereocenters. The van der Waals surface area contributed by atoms with E-state index >= 15 is 0 Å². The summed E-state index contributed by atoms with van der Waals surface area (Å²) in [5.41, 5.74) is 3.31. The Hall–Kier alpha value is -2.86. The lowest BCUT2D eigenvalue weighted by Gasteiger charge is -2.26. The van der Waals surface area contributed by atoms with E-state index < -0.39 is 0 Å². The zero-order valence-corrected chi connectivity index (χ0v) is 15.6. The van der Waals surface area contributed by atoms with Crippen molar-refractivity contribution in [2.45, 2.75) is 19.9 Å². The molecular formula is C21H23N3O3. The predicted octanol–water partition coefficient (Wildman–Crippen LogP) is 3.51. The molecule has 6 nitrogen and oxygen atoms in total. The Bertz CT molecular complexity index is 995. The number of benzene rings is 2. The Kier molecular flexibility index (Phi) is 4.81. The van der Waals surface area contributed by atoms with Gasteiger partial charge < -0.3 is 19.4 Å². The SMILES string of the molecule is Cc1cc(C(C)Nc2ccccc2)c2oc(N3CCOCC3)nc(=O)c2c1. The van der Waals surface area contributed by atoms with E-state index in [9.17, 15) is 4.79 Å². The molecule has 27 heavy (non-hydrogen) atoms. The lowest BCUT2D eigenvalue weighted by atomic mass is 10.0. The monoisotopic (exact) mass is 365 g/mol. The topological polar surface area (TPSA) is 67.6 Å². The lowest BCUT2D eigenvalue weighted by molar-refractivity contribution is 0.120. The van der Waals surface area contributed by atoms with Gasteiger partial charge in [-0.25, -0.2) is 0 Å². The molecule has 2 aromatic carbocycles. The molecule has 6 heteroatoms. The third-order valence-corrected chi connectivity index (χ3v) is 4.79. The summed E-state index contributed by atoms with van der Waals surface area (Å²) in [6.07, 6.45) is 0. The molecule has 0 spiro atoms. The molecule has 3 aromatic rings. The minimum absolute atomic E-state index is 0.0297. The van der Waals surface area contributed by atoms with Crippen LogP contribution in [0.25, 0.3) is 11.0 Å². The van der Waals surface area contributed by atoms with Crippen LogP contribution in [-0.2, 0) is 4.74 Å². The standard InChI is InChI=1S/C21H23N3O3/c1-14-12-17(15(2)22-16-6-4-3-5-7-16)19-18(13-14)20(25)23-21(27-19)24-8-10-26-11-9-24/h3-7,12-13,15,22H,8-11H2,1-2H3. The average Bonchev–Trinajstić information content (AvgIpc) is 2.69. The highest BCUT2D eigenvalue weighted by atomic mass is 16.5. The molecule has 1 N–H and O–H groups in total. The van der Waals surface area contributed by atoms with Gasteiger partial charge in [-0.15, -0.1) is 0 Å². The molecule has 1 aliphatic heterocycles. The summed E-state index contributed by atoms with van der Waals surface area (Å²) in [5.74, 6) is 0. The van der Waals surface area contributed by atoms with Gasteiger partial charge in [0.25, 0.3) is 5.56 Å². The van der Waals surface area contributed by atoms with E-state index in [1.165, 1.54) is 0 Å². The predicted molar refractivity (Wildman–Crippen MR) is 107 cm³/mol. The number of ether oxygens (including phenoxy) is 1. The number of nitrogens with zero attached hydrogens (tertiary/aromatic N) is 2. The van der Waals surface area contributed by atoms with Crippen molar-refractivity contribution in [1.29, 1.82) is 0 Å². The van der Waals surface area contributed by atoms with Crippen molar-refractivity contribution in [3.8, 4) is 0 Å². The highest BCUT2D eigenvalue weighted by molar-refractivity contribution is 5.81. The van der Waals surface area contributed by atoms with E-state index in [0.29, 0.717) is 43.3 Å². The first-order chi connectivity index (χ1) is 13.1. The van der Waals surface area contributed by atoms with Gasteiger partial charge in [0.15, 0.2) is 0 Å². The zero-order valence-electron chi connectivity index (χ0n) is 15.6. The highest BCUT2D eigenvalue weighted by Gasteiger charge is 2.20. The number of rotatable bonds is 4. The number of fused-ring (bicyclic) bond motifs is 1. The summed E-state index contributed by atoms with van der Waals surface area (Å²) in [5, 5.41) is 4.00. The first-order valence-corrected chi connectivity index (χ1v) is 9.21. The fraction of sp³-hybridized carbons (Fsp3) is 0.333. The van der Waals surface area contributed by atoms with Gasteiger partial charge in [-0.05, 0) is 37.6 Å². The molecule has 0 aliphatic carbocycles. The van der Waals surface area contributed by atoms with Crippen molar-refractivity contribution >= 4 is 22.7 Å². The maximum absolute atomic E-state index is 12.7. The quantitative estimate of drug-likeness (QED) is 0.763. The minimum Gasteiger partial charge on any atom is -0.424 e. The fourth-order valence-electron chi connectivity index (χ4n) is 3.41. The van der Waals surface area contributed by atoms with Gasteiger partial charge >= 0.3 is 6.01 Å². The van der Waals surface area contributed by atoms with E-state index in [1.54, 1.807) is 0 Å². The Balaban J connectivity index is 1.78. The van der Waals surface area contributed by atoms with Crippen molar-refractivity contribution in [3.05, 3.63) is 63.9 Å². The number of para-hydroxylation sites is 1. The van der Waals surface area contributed by atoms with Gasteiger partial charge in [-0.1, -0.05) is 24.3 Å². The average molecular weight is 365 g/mol. The number of morpholine rings is 1. The number of aromatic nitrogens is 1. The molecule has 2 heterocycles. The molecule has 0 amide bonds. The van der Waals surface area contributed by atoms with Gasteiger partial charge in [0.05, 0.1) is 24.6 Å². The number of aryl methyl sites for hydroxylation is 1. The number of hydrogen-bond acceptors (Lipinski definition) is 6. The third kappa shape index (κ3) is 3.66. The summed E-state index contributed by atoms with van der Waals surface area (Å²) >= 11 is 0. The number of hydrogen-bond donors (Lipinski definition) is 1. The van der Waals surface area contributed by atoms with Gasteiger partial charge in [-0.2, -0.15) is 4.98 Å². The maximum Gasteiger partial charge on any atom is 0.301 e. The summed E-state index contributed by atoms with van der Waals surface area (Å²) < 4.78 is 11.5. The maximum atomic E-state index is 12.7. The van der Waals surface area contributed by atoms with E-state index in [-0.39, 0.29) is 11.6 Å². The second-order valence-electron chi connectivity index (χ2n) is 6.86. The molecule has 0 radical (unpaired) electrons. The normalized spacial score (nSPS) is 15.7. The fourth-order valence-corrected chi connectivity index (χ4v) is 3.41. The van der Waals surface area contributed by atoms with Crippen molar-refractivity contribution in [1.82, 2.24) is 4.98 Å². The van der Waals surface area contributed by atoms with Crippen LogP contribution in [0.4, 0.5) is 11.7 Å². The Morgan fingerprint density at radius 1 is 1.15 bits per heavy atom. The van der Waals surface area contributed by atoms with Crippen LogP contribution < -0.4 is 15.8 Å². The van der Waals surface area contributed by atoms with Crippen LogP contribution in [0.5, 0.6) is 0 Å². The van der Waals surface area contributed by atoms with Crippen LogP contribution in [0.3, 0.4) is 0 Å². The Labute approximate surface area is 157 Å². The Morgan fingerprint density at radius 2 is 1.89 bits per heavy atom. The summed E-state index contributed by atoms with van der Waals surface area (Å²) in [4.78, 5) is 18.8. The molecule has 1 aromatic heterocycles. The smallest absolute Gasteiger partial charge is 0.301 e. The summed E-state index contributed by atoms with van der Waals surface area (Å²) in [6, 6.07) is 14.2. The molecule has 4 rings (SSSR count). The van der Waals surface area contributed by atoms with Crippen molar-refractivity contribution in [2.24, 2.45) is 0 Å². The summed E-state index contributed by atoms with van der Waals surface area (Å²) in [7, 11) is 0. The summed E-state index contributed by atoms with van der Waals surface area (Å²) in [6.45, 7) is 6.59. The van der Waals surface area contributed by atoms with Crippen LogP contribution in [0.2, 0.25) is 0 Å². The van der Waals surface area contributed by atoms with Gasteiger partial charge in [0.2, 0.25) is 0 Å². The third-order valence-electron chi connectivity index (χ3n) is 4.79. The number of anilines is 2. The van der Waals surface area contributed by atoms with Crippen molar-refractivity contribution in [3.63, 3.8) is 0 Å². The van der Waals surface area contributed by atoms with Crippen LogP contribution in [0.1, 0.15) is 24.1 Å². The van der Waals surface area contributed by atoms with Crippen LogP contribution in [-0.4, -0.2) is 31.3 Å². The molecular weight excluding hydrogens is 342 g/mol. The molecule has 140 valence electrons. The van der Waals surface area contributed by atoms with Gasteiger partial charge in [-0.3, -0.25) is 4.79 Å². The minimum atomic E-state index is -0.255. The molecule has 0 bridgehead atoms. The first-order valence-electron chi connectivity index (χ1n) is 9.21. The molecule has 1 unspecified atom stereocenters. The van der Waals surface area contributed by atoms with Crippen LogP contribution in [0.15, 0.2) is 51.7 Å². The molecule has 1 aliphatic rings. The number of nitrogens with one attached hydrogen (secondary N) is 1. The van der Waals surface area contributed by atoms with Crippen molar-refractivity contribution < 1.29 is 9.15 Å². The second kappa shape index (κ2) is 7.40. The van der Waals surface area contributed by atoms with Gasteiger partial charge in [0.1, 0.15) is 5.58 Å². The van der Waals surface area contributed by atoms with E-state index in [0.717, 1.165) is 16.8 Å². The molecule has 1 saturated heterocycles. The van der Waals surface area contributed by atoms with E-state index in [1.807, 2.05) is 48.2 Å². The molecule has 0 saturated carbocycles. The zero-order chi connectivity index (χ0) is 18.8. The van der Waals surface area contributed by atoms with Crippen LogP contribution in [0, 0.1) is 6.92 Å². The van der Waals surface area contributed by atoms with E-state index in [2.05, 4.69) is 23.3 Å². The van der Waals surface area contributed by atoms with Crippen molar-refractivity contribution in [2.75, 3.05) is 36.5 Å². The molecule has 1 fully saturated rings. The lowest BCUT2D eigenvalue weighted by Crippen LogP contribution is -2.37. The van der Waals surface area contributed by atoms with Gasteiger partial charge in [0, 0.05) is 24.3 Å². The largest absolute Gasteiger partial charge is 0.424 e. The first kappa shape index (κ1) is 17.5.